The van der Waals surface area contributed by atoms with Crippen LogP contribution >= 0.6 is 0 Å². The molecule has 0 atom stereocenters. The summed E-state index contributed by atoms with van der Waals surface area (Å²) in [6.07, 6.45) is 8.59. The Balaban J connectivity index is 0.00000131. The van der Waals surface area contributed by atoms with Crippen LogP contribution in [-0.2, 0) is 38.0 Å². The van der Waals surface area contributed by atoms with Gasteiger partial charge in [0.1, 0.15) is 11.5 Å². The molecule has 0 bridgehead atoms. The van der Waals surface area contributed by atoms with Crippen molar-refractivity contribution in [2.75, 3.05) is 14.2 Å². The minimum Gasteiger partial charge on any atom is -1.00 e. The number of fused-ring (bicyclic) bond motifs is 3. The first-order valence-corrected chi connectivity index (χ1v) is 8.80. The van der Waals surface area contributed by atoms with Gasteiger partial charge in [0.25, 0.3) is 0 Å². The van der Waals surface area contributed by atoms with Crippen molar-refractivity contribution in [2.45, 2.75) is 32.1 Å². The minimum atomic E-state index is -0.0632. The Kier molecular flexibility index (Phi) is 8.63. The van der Waals surface area contributed by atoms with Crippen molar-refractivity contribution < 1.29 is 60.5 Å². The van der Waals surface area contributed by atoms with E-state index in [1.807, 2.05) is 6.07 Å². The van der Waals surface area contributed by atoms with Crippen LogP contribution < -0.4 is 34.3 Å². The molecule has 0 radical (unpaired) electrons. The SMILES string of the molecule is COc1ccc2c(c1)Cc1c-2ccc(OC)c1C(C)(C)C1=CC=CC1.[Cl-].[Cl-].[Zr+2]. The third-order valence-electron chi connectivity index (χ3n) is 5.66. The molecule has 0 heterocycles. The molecular formula is C23H24Cl2O2Zr. The molecule has 0 saturated heterocycles. The Morgan fingerprint density at radius 2 is 1.64 bits per heavy atom. The summed E-state index contributed by atoms with van der Waals surface area (Å²) in [7, 11) is 3.49. The van der Waals surface area contributed by atoms with E-state index < -0.39 is 0 Å². The maximum atomic E-state index is 5.79. The Hall–Kier alpha value is -1.02. The first kappa shape index (κ1) is 25.0. The smallest absolute Gasteiger partial charge is 1.00 e. The van der Waals surface area contributed by atoms with Crippen molar-refractivity contribution in [2.24, 2.45) is 0 Å². The predicted octanol–water partition coefficient (Wildman–Crippen LogP) is -0.556. The average molecular weight is 495 g/mol. The summed E-state index contributed by atoms with van der Waals surface area (Å²) in [5.41, 5.74) is 8.05. The minimum absolute atomic E-state index is 0. The average Bonchev–Trinajstić information content (AvgIpc) is 3.27. The molecule has 0 fully saturated rings. The van der Waals surface area contributed by atoms with Crippen molar-refractivity contribution in [3.05, 3.63) is 70.8 Å². The molecule has 0 amide bonds. The quantitative estimate of drug-likeness (QED) is 0.485. The second-order valence-electron chi connectivity index (χ2n) is 7.32. The molecule has 2 aromatic rings. The molecule has 0 aliphatic heterocycles. The maximum absolute atomic E-state index is 5.79. The molecule has 2 aliphatic carbocycles. The second kappa shape index (κ2) is 9.66. The van der Waals surface area contributed by atoms with Gasteiger partial charge >= 0.3 is 26.2 Å². The zero-order valence-electron chi connectivity index (χ0n) is 16.6. The van der Waals surface area contributed by atoms with Crippen LogP contribution in [0.4, 0.5) is 0 Å². The topological polar surface area (TPSA) is 18.5 Å². The Morgan fingerprint density at radius 1 is 0.929 bits per heavy atom. The maximum Gasteiger partial charge on any atom is 2.00 e. The molecule has 0 spiro atoms. The van der Waals surface area contributed by atoms with Gasteiger partial charge in [0.05, 0.1) is 14.2 Å². The summed E-state index contributed by atoms with van der Waals surface area (Å²) in [5.74, 6) is 1.90. The summed E-state index contributed by atoms with van der Waals surface area (Å²) in [6.45, 7) is 4.63. The Morgan fingerprint density at radius 3 is 2.25 bits per heavy atom. The van der Waals surface area contributed by atoms with Crippen LogP contribution in [0.2, 0.25) is 0 Å². The number of methoxy groups -OCH3 is 2. The molecule has 2 aliphatic rings. The molecule has 0 aromatic heterocycles. The van der Waals surface area contributed by atoms with Crippen molar-refractivity contribution in [3.8, 4) is 22.6 Å². The molecule has 28 heavy (non-hydrogen) atoms. The van der Waals surface area contributed by atoms with E-state index in [1.165, 1.54) is 33.4 Å². The molecular weight excluding hydrogens is 470 g/mol. The Labute approximate surface area is 199 Å². The fourth-order valence-corrected chi connectivity index (χ4v) is 4.29. The van der Waals surface area contributed by atoms with E-state index in [9.17, 15) is 0 Å². The zero-order valence-corrected chi connectivity index (χ0v) is 20.6. The van der Waals surface area contributed by atoms with Crippen molar-refractivity contribution in [3.63, 3.8) is 0 Å². The summed E-state index contributed by atoms with van der Waals surface area (Å²) in [4.78, 5) is 0. The van der Waals surface area contributed by atoms with Gasteiger partial charge in [-0.1, -0.05) is 49.8 Å². The number of hydrogen-bond acceptors (Lipinski definition) is 2. The van der Waals surface area contributed by atoms with Crippen LogP contribution in [0.1, 0.15) is 37.0 Å². The summed E-state index contributed by atoms with van der Waals surface area (Å²) >= 11 is 0. The molecule has 0 saturated carbocycles. The van der Waals surface area contributed by atoms with E-state index in [1.54, 1.807) is 14.2 Å². The third kappa shape index (κ3) is 3.99. The van der Waals surface area contributed by atoms with Crippen LogP contribution in [0.25, 0.3) is 11.1 Å². The fraction of sp³-hybridized carbons (Fsp3) is 0.304. The van der Waals surface area contributed by atoms with Gasteiger partial charge in [0.15, 0.2) is 0 Å². The molecule has 0 unspecified atom stereocenters. The number of hydrogen-bond donors (Lipinski definition) is 0. The molecule has 4 rings (SSSR count). The van der Waals surface area contributed by atoms with Crippen LogP contribution in [0.15, 0.2) is 54.1 Å². The van der Waals surface area contributed by atoms with Gasteiger partial charge in [-0.15, -0.1) is 0 Å². The number of benzene rings is 2. The fourth-order valence-electron chi connectivity index (χ4n) is 4.29. The van der Waals surface area contributed by atoms with Gasteiger partial charge in [-0.2, -0.15) is 0 Å². The first-order chi connectivity index (χ1) is 12.1. The van der Waals surface area contributed by atoms with Crippen LogP contribution in [0.3, 0.4) is 0 Å². The van der Waals surface area contributed by atoms with Gasteiger partial charge in [-0.05, 0) is 53.3 Å². The molecule has 2 nitrogen and oxygen atoms in total. The van der Waals surface area contributed by atoms with Gasteiger partial charge < -0.3 is 34.3 Å². The van der Waals surface area contributed by atoms with Crippen LogP contribution in [0, 0.1) is 0 Å². The molecule has 0 N–H and O–H groups in total. The van der Waals surface area contributed by atoms with E-state index in [4.69, 9.17) is 9.47 Å². The largest absolute Gasteiger partial charge is 2.00 e. The van der Waals surface area contributed by atoms with Gasteiger partial charge in [-0.25, -0.2) is 0 Å². The molecule has 2 aromatic carbocycles. The normalized spacial score (nSPS) is 13.4. The van der Waals surface area contributed by atoms with Crippen molar-refractivity contribution >= 4 is 0 Å². The number of halogens is 2. The number of ether oxygens (including phenoxy) is 2. The van der Waals surface area contributed by atoms with Crippen molar-refractivity contribution in [1.29, 1.82) is 0 Å². The van der Waals surface area contributed by atoms with E-state index in [0.717, 1.165) is 24.3 Å². The van der Waals surface area contributed by atoms with Crippen LogP contribution in [-0.4, -0.2) is 14.2 Å². The predicted molar refractivity (Wildman–Crippen MR) is 103 cm³/mol. The van der Waals surface area contributed by atoms with Gasteiger partial charge in [0.2, 0.25) is 0 Å². The summed E-state index contributed by atoms with van der Waals surface area (Å²) in [6, 6.07) is 10.7. The molecule has 5 heteroatoms. The van der Waals surface area contributed by atoms with Gasteiger partial charge in [-0.3, -0.25) is 0 Å². The Bertz CT molecular complexity index is 917. The van der Waals surface area contributed by atoms with E-state index >= 15 is 0 Å². The first-order valence-electron chi connectivity index (χ1n) is 8.80. The summed E-state index contributed by atoms with van der Waals surface area (Å²) < 4.78 is 11.2. The standard InChI is InChI=1S/C23H24O2.2ClH.Zr/c1-23(2,16-7-5-6-8-16)22-20-14-15-13-17(24-3)9-10-18(15)19(20)11-12-21(22)25-4;;;/h5-7,9-13H,8,14H2,1-4H3;2*1H;/q;;;+2/p-2. The zero-order chi connectivity index (χ0) is 17.6. The van der Waals surface area contributed by atoms with Crippen LogP contribution in [0.5, 0.6) is 11.5 Å². The summed E-state index contributed by atoms with van der Waals surface area (Å²) in [5, 5.41) is 0. The number of allylic oxidation sites excluding steroid dienone is 4. The van der Waals surface area contributed by atoms with Crippen molar-refractivity contribution in [1.82, 2.24) is 0 Å². The monoisotopic (exact) mass is 492 g/mol. The van der Waals surface area contributed by atoms with E-state index in [2.05, 4.69) is 56.3 Å². The second-order valence-corrected chi connectivity index (χ2v) is 7.32. The molecule has 146 valence electrons. The van der Waals surface area contributed by atoms with E-state index in [-0.39, 0.29) is 56.4 Å². The third-order valence-corrected chi connectivity index (χ3v) is 5.66. The van der Waals surface area contributed by atoms with Gasteiger partial charge in [0, 0.05) is 11.0 Å². The van der Waals surface area contributed by atoms with E-state index in [0.29, 0.717) is 0 Å². The number of rotatable bonds is 4.